The first-order chi connectivity index (χ1) is 6.97. The summed E-state index contributed by atoms with van der Waals surface area (Å²) in [7, 11) is 1.56. The third-order valence-corrected chi connectivity index (χ3v) is 2.25. The third-order valence-electron chi connectivity index (χ3n) is 2.25. The van der Waals surface area contributed by atoms with Gasteiger partial charge in [0.1, 0.15) is 0 Å². The first-order valence-corrected chi connectivity index (χ1v) is 5.87. The lowest BCUT2D eigenvalue weighted by atomic mass is 10.1. The molecule has 3 nitrogen and oxygen atoms in total. The molecule has 0 heterocycles. The van der Waals surface area contributed by atoms with Crippen LogP contribution in [0.3, 0.4) is 0 Å². The zero-order valence-corrected chi connectivity index (χ0v) is 11.1. The van der Waals surface area contributed by atoms with Gasteiger partial charge in [-0.05, 0) is 18.8 Å². The minimum absolute atomic E-state index is 0.412. The van der Waals surface area contributed by atoms with E-state index in [1.54, 1.807) is 7.11 Å². The molecule has 0 radical (unpaired) electrons. The van der Waals surface area contributed by atoms with E-state index in [2.05, 4.69) is 44.4 Å². The van der Waals surface area contributed by atoms with Crippen molar-refractivity contribution in [3.05, 3.63) is 0 Å². The molecule has 0 aliphatic heterocycles. The average molecular weight is 217 g/mol. The number of hydrogen-bond acceptors (Lipinski definition) is 3. The van der Waals surface area contributed by atoms with E-state index in [9.17, 15) is 0 Å². The van der Waals surface area contributed by atoms with Crippen molar-refractivity contribution < 1.29 is 9.78 Å². The fraction of sp³-hybridized carbons (Fsp3) is 1.00. The molecule has 92 valence electrons. The first kappa shape index (κ1) is 14.9. The highest BCUT2D eigenvalue weighted by Crippen LogP contribution is 2.08. The van der Waals surface area contributed by atoms with E-state index >= 15 is 0 Å². The van der Waals surface area contributed by atoms with Crippen LogP contribution in [0.4, 0.5) is 0 Å². The van der Waals surface area contributed by atoms with Crippen LogP contribution in [0.2, 0.25) is 0 Å². The summed E-state index contributed by atoms with van der Waals surface area (Å²) in [5.41, 5.74) is 0. The van der Waals surface area contributed by atoms with Crippen LogP contribution in [0.15, 0.2) is 0 Å². The summed E-state index contributed by atoms with van der Waals surface area (Å²) >= 11 is 0. The number of nitrogens with zero attached hydrogens (tertiary/aromatic N) is 1. The van der Waals surface area contributed by atoms with E-state index in [0.29, 0.717) is 24.5 Å². The molecule has 0 bridgehead atoms. The lowest BCUT2D eigenvalue weighted by molar-refractivity contribution is -0.279. The van der Waals surface area contributed by atoms with E-state index in [4.69, 9.17) is 4.89 Å². The van der Waals surface area contributed by atoms with Gasteiger partial charge in [0.05, 0.1) is 13.7 Å². The van der Waals surface area contributed by atoms with Crippen molar-refractivity contribution in [1.29, 1.82) is 0 Å². The Morgan fingerprint density at radius 2 is 1.40 bits per heavy atom. The van der Waals surface area contributed by atoms with Crippen molar-refractivity contribution in [3.8, 4) is 0 Å². The minimum atomic E-state index is 0.412. The second-order valence-corrected chi connectivity index (χ2v) is 5.04. The van der Waals surface area contributed by atoms with Gasteiger partial charge in [0, 0.05) is 19.1 Å². The summed E-state index contributed by atoms with van der Waals surface area (Å²) in [4.78, 5) is 12.1. The van der Waals surface area contributed by atoms with Crippen LogP contribution in [0.5, 0.6) is 0 Å². The van der Waals surface area contributed by atoms with E-state index in [1.165, 1.54) is 0 Å². The Hall–Kier alpha value is -0.120. The largest absolute Gasteiger partial charge is 0.298 e. The smallest absolute Gasteiger partial charge is 0.0974 e. The lowest BCUT2D eigenvalue weighted by Crippen LogP contribution is -2.41. The van der Waals surface area contributed by atoms with Gasteiger partial charge < -0.3 is 0 Å². The molecule has 0 aliphatic rings. The zero-order valence-electron chi connectivity index (χ0n) is 11.1. The fourth-order valence-electron chi connectivity index (χ4n) is 1.64. The molecule has 3 heteroatoms. The topological polar surface area (TPSA) is 21.7 Å². The average Bonchev–Trinajstić information content (AvgIpc) is 2.11. The summed E-state index contributed by atoms with van der Waals surface area (Å²) in [6, 6.07) is 0.412. The molecular formula is C12H27NO2. The van der Waals surface area contributed by atoms with Crippen LogP contribution in [-0.4, -0.2) is 37.7 Å². The van der Waals surface area contributed by atoms with Gasteiger partial charge in [0.2, 0.25) is 0 Å². The molecule has 0 amide bonds. The number of rotatable bonds is 8. The lowest BCUT2D eigenvalue weighted by Gasteiger charge is -2.31. The second kappa shape index (κ2) is 8.08. The van der Waals surface area contributed by atoms with Gasteiger partial charge in [-0.2, -0.15) is 0 Å². The summed E-state index contributed by atoms with van der Waals surface area (Å²) in [5, 5.41) is 0. The Morgan fingerprint density at radius 3 is 1.73 bits per heavy atom. The quantitative estimate of drug-likeness (QED) is 0.461. The number of hydrogen-bond donors (Lipinski definition) is 0. The monoisotopic (exact) mass is 217 g/mol. The van der Waals surface area contributed by atoms with Crippen molar-refractivity contribution in [2.75, 3.05) is 26.8 Å². The Balaban J connectivity index is 4.07. The molecule has 0 aromatic carbocycles. The molecule has 0 saturated heterocycles. The van der Waals surface area contributed by atoms with Crippen molar-refractivity contribution >= 4 is 0 Å². The second-order valence-electron chi connectivity index (χ2n) is 5.04. The molecule has 0 N–H and O–H groups in total. The molecule has 0 aromatic heterocycles. The highest BCUT2D eigenvalue weighted by Gasteiger charge is 2.16. The highest BCUT2D eigenvalue weighted by molar-refractivity contribution is 4.69. The third kappa shape index (κ3) is 7.77. The van der Waals surface area contributed by atoms with Crippen LogP contribution in [0, 0.1) is 11.8 Å². The molecule has 0 aliphatic carbocycles. The summed E-state index contributed by atoms with van der Waals surface area (Å²) in [6.45, 7) is 14.0. The standard InChI is InChI=1S/C12H27NO2/c1-10(2)7-13(8-11(3)4)12(5)9-15-14-6/h10-12H,7-9H2,1-6H3. The normalized spacial score (nSPS) is 14.2. The molecule has 0 fully saturated rings. The Kier molecular flexibility index (Phi) is 8.02. The SMILES string of the molecule is COOCC(C)N(CC(C)C)CC(C)C. The maximum absolute atomic E-state index is 5.00. The van der Waals surface area contributed by atoms with E-state index in [1.807, 2.05) is 0 Å². The van der Waals surface area contributed by atoms with Crippen LogP contribution < -0.4 is 0 Å². The molecule has 0 spiro atoms. The minimum Gasteiger partial charge on any atom is -0.298 e. The van der Waals surface area contributed by atoms with Crippen molar-refractivity contribution in [2.24, 2.45) is 11.8 Å². The van der Waals surface area contributed by atoms with Gasteiger partial charge in [-0.15, -0.1) is 0 Å². The predicted molar refractivity (Wildman–Crippen MR) is 63.7 cm³/mol. The zero-order chi connectivity index (χ0) is 11.8. The van der Waals surface area contributed by atoms with Gasteiger partial charge in [-0.3, -0.25) is 4.90 Å². The highest BCUT2D eigenvalue weighted by atomic mass is 17.2. The molecule has 0 saturated carbocycles. The van der Waals surface area contributed by atoms with Gasteiger partial charge >= 0.3 is 0 Å². The maximum atomic E-state index is 5.00. The maximum Gasteiger partial charge on any atom is 0.0974 e. The van der Waals surface area contributed by atoms with Crippen molar-refractivity contribution in [3.63, 3.8) is 0 Å². The molecular weight excluding hydrogens is 190 g/mol. The summed E-state index contributed by atoms with van der Waals surface area (Å²) < 4.78 is 0. The molecule has 0 rings (SSSR count). The molecule has 1 unspecified atom stereocenters. The molecule has 1 atom stereocenters. The first-order valence-electron chi connectivity index (χ1n) is 5.87. The molecule has 15 heavy (non-hydrogen) atoms. The van der Waals surface area contributed by atoms with Crippen molar-refractivity contribution in [1.82, 2.24) is 4.90 Å². The van der Waals surface area contributed by atoms with Gasteiger partial charge in [0.15, 0.2) is 0 Å². The Bertz CT molecular complexity index is 139. The van der Waals surface area contributed by atoms with E-state index in [-0.39, 0.29) is 0 Å². The Morgan fingerprint density at radius 1 is 0.933 bits per heavy atom. The van der Waals surface area contributed by atoms with E-state index in [0.717, 1.165) is 13.1 Å². The van der Waals surface area contributed by atoms with Crippen LogP contribution in [0.1, 0.15) is 34.6 Å². The van der Waals surface area contributed by atoms with Crippen LogP contribution in [0.25, 0.3) is 0 Å². The van der Waals surface area contributed by atoms with Crippen molar-refractivity contribution in [2.45, 2.75) is 40.7 Å². The van der Waals surface area contributed by atoms with Crippen LogP contribution >= 0.6 is 0 Å². The Labute approximate surface area is 94.7 Å². The van der Waals surface area contributed by atoms with Gasteiger partial charge in [0.25, 0.3) is 0 Å². The van der Waals surface area contributed by atoms with Crippen LogP contribution in [-0.2, 0) is 9.78 Å². The van der Waals surface area contributed by atoms with E-state index < -0.39 is 0 Å². The summed E-state index contributed by atoms with van der Waals surface area (Å²) in [6.07, 6.45) is 0. The summed E-state index contributed by atoms with van der Waals surface area (Å²) in [5.74, 6) is 1.38. The molecule has 0 aromatic rings. The predicted octanol–water partition coefficient (Wildman–Crippen LogP) is 2.57. The fourth-order valence-corrected chi connectivity index (χ4v) is 1.64. The van der Waals surface area contributed by atoms with Gasteiger partial charge in [-0.25, -0.2) is 9.78 Å². The van der Waals surface area contributed by atoms with Gasteiger partial charge in [-0.1, -0.05) is 27.7 Å².